The number of aromatic nitrogens is 1. The van der Waals surface area contributed by atoms with Gasteiger partial charge in [-0.3, -0.25) is 4.79 Å². The number of nitrogens with zero attached hydrogens (tertiary/aromatic N) is 2. The molecule has 1 amide bonds. The van der Waals surface area contributed by atoms with Crippen LogP contribution in [0.2, 0.25) is 15.1 Å². The summed E-state index contributed by atoms with van der Waals surface area (Å²) < 4.78 is 19.8. The molecule has 1 aromatic heterocycles. The van der Waals surface area contributed by atoms with Gasteiger partial charge in [-0.1, -0.05) is 53.0 Å². The first kappa shape index (κ1) is 28.9. The lowest BCUT2D eigenvalue weighted by atomic mass is 9.93. The van der Waals surface area contributed by atoms with Crippen LogP contribution in [0.4, 0.5) is 4.39 Å². The fourth-order valence-electron chi connectivity index (χ4n) is 5.77. The maximum absolute atomic E-state index is 14.3. The number of rotatable bonds is 10. The monoisotopic (exact) mass is 633 g/mol. The Bertz CT molecular complexity index is 1510. The number of amides is 1. The van der Waals surface area contributed by atoms with E-state index in [0.717, 1.165) is 64.3 Å². The van der Waals surface area contributed by atoms with Crippen molar-refractivity contribution < 1.29 is 13.9 Å². The van der Waals surface area contributed by atoms with Gasteiger partial charge in [0.25, 0.3) is 5.91 Å². The largest absolute Gasteiger partial charge is 0.489 e. The predicted octanol–water partition coefficient (Wildman–Crippen LogP) is 8.03. The van der Waals surface area contributed by atoms with Gasteiger partial charge in [-0.15, -0.1) is 11.3 Å². The Hall–Kier alpha value is -2.16. The molecule has 3 aliphatic rings. The third-order valence-corrected chi connectivity index (χ3v) is 10.5. The van der Waals surface area contributed by atoms with Crippen LogP contribution >= 0.6 is 46.1 Å². The molecule has 2 aliphatic heterocycles. The summed E-state index contributed by atoms with van der Waals surface area (Å²) in [4.78, 5) is 22.0. The summed E-state index contributed by atoms with van der Waals surface area (Å²) >= 11 is 20.7. The highest BCUT2D eigenvalue weighted by Crippen LogP contribution is 2.42. The molecule has 3 heterocycles. The number of halogens is 4. The van der Waals surface area contributed by atoms with Crippen LogP contribution in [0.1, 0.15) is 59.5 Å². The summed E-state index contributed by atoms with van der Waals surface area (Å²) in [6, 6.07) is 9.23. The van der Waals surface area contributed by atoms with Gasteiger partial charge in [-0.25, -0.2) is 9.37 Å². The summed E-state index contributed by atoms with van der Waals surface area (Å²) in [7, 11) is 0. The SMILES string of the molecule is Cc1ccc(F)c(OCCCc2ncc(C3=C(C(=O)N(Cc4cccc(Cl)c4Cl)C4CC4)[C@H]4CC[C@@H](C3)N4)s2)c1Cl. The van der Waals surface area contributed by atoms with E-state index in [0.29, 0.717) is 47.1 Å². The van der Waals surface area contributed by atoms with Gasteiger partial charge >= 0.3 is 0 Å². The van der Waals surface area contributed by atoms with Gasteiger partial charge in [-0.05, 0) is 74.3 Å². The second kappa shape index (κ2) is 12.2. The molecular weight excluding hydrogens is 604 g/mol. The van der Waals surface area contributed by atoms with E-state index in [2.05, 4.69) is 10.3 Å². The number of hydrogen-bond donors (Lipinski definition) is 1. The molecule has 1 aliphatic carbocycles. The average Bonchev–Trinajstić information content (AvgIpc) is 3.58. The molecule has 2 atom stereocenters. The predicted molar refractivity (Wildman–Crippen MR) is 164 cm³/mol. The minimum Gasteiger partial charge on any atom is -0.489 e. The van der Waals surface area contributed by atoms with Gasteiger partial charge in [0.1, 0.15) is 0 Å². The lowest BCUT2D eigenvalue weighted by molar-refractivity contribution is -0.128. The first-order valence-electron chi connectivity index (χ1n) is 14.1. The van der Waals surface area contributed by atoms with Gasteiger partial charge in [0.2, 0.25) is 0 Å². The Kier molecular flexibility index (Phi) is 8.62. The van der Waals surface area contributed by atoms with E-state index in [-0.39, 0.29) is 23.7 Å². The topological polar surface area (TPSA) is 54.5 Å². The van der Waals surface area contributed by atoms with Crippen LogP contribution in [0.5, 0.6) is 5.75 Å². The Morgan fingerprint density at radius 1 is 1.15 bits per heavy atom. The molecule has 5 nitrogen and oxygen atoms in total. The Morgan fingerprint density at radius 2 is 1.98 bits per heavy atom. The van der Waals surface area contributed by atoms with Crippen LogP contribution < -0.4 is 10.1 Å². The van der Waals surface area contributed by atoms with Crippen molar-refractivity contribution >= 4 is 57.6 Å². The Labute approximate surface area is 258 Å². The minimum atomic E-state index is -0.459. The van der Waals surface area contributed by atoms with Crippen molar-refractivity contribution in [3.63, 3.8) is 0 Å². The molecule has 1 N–H and O–H groups in total. The molecule has 10 heteroatoms. The van der Waals surface area contributed by atoms with Crippen molar-refractivity contribution in [2.75, 3.05) is 6.61 Å². The normalized spacial score (nSPS) is 20.0. The van der Waals surface area contributed by atoms with Gasteiger partial charge < -0.3 is 15.0 Å². The summed E-state index contributed by atoms with van der Waals surface area (Å²) in [5.74, 6) is -0.277. The van der Waals surface area contributed by atoms with Crippen molar-refractivity contribution in [2.45, 2.75) is 76.5 Å². The van der Waals surface area contributed by atoms with Crippen molar-refractivity contribution in [3.05, 3.63) is 84.0 Å². The third-order valence-electron chi connectivity index (χ3n) is 8.09. The second-order valence-electron chi connectivity index (χ2n) is 11.0. The van der Waals surface area contributed by atoms with Crippen LogP contribution in [0.25, 0.3) is 5.57 Å². The number of hydrogen-bond acceptors (Lipinski definition) is 5. The lowest BCUT2D eigenvalue weighted by Gasteiger charge is -2.31. The molecule has 2 fully saturated rings. The molecule has 41 heavy (non-hydrogen) atoms. The van der Waals surface area contributed by atoms with Crippen molar-refractivity contribution in [3.8, 4) is 5.75 Å². The molecule has 0 spiro atoms. The second-order valence-corrected chi connectivity index (χ2v) is 13.3. The number of carbonyl (C=O) groups is 1. The van der Waals surface area contributed by atoms with Crippen LogP contribution in [0.3, 0.4) is 0 Å². The van der Waals surface area contributed by atoms with Crippen molar-refractivity contribution in [1.82, 2.24) is 15.2 Å². The van der Waals surface area contributed by atoms with E-state index in [1.165, 1.54) is 6.07 Å². The van der Waals surface area contributed by atoms with Crippen LogP contribution in [-0.2, 0) is 17.8 Å². The number of thiazole rings is 1. The summed E-state index contributed by atoms with van der Waals surface area (Å²) in [5, 5.41) is 5.95. The highest BCUT2D eigenvalue weighted by molar-refractivity contribution is 7.12. The van der Waals surface area contributed by atoms with E-state index >= 15 is 0 Å². The zero-order chi connectivity index (χ0) is 28.7. The van der Waals surface area contributed by atoms with Gasteiger partial charge in [0, 0.05) is 42.9 Å². The fourth-order valence-corrected chi connectivity index (χ4v) is 7.39. The number of ether oxygens (including phenoxy) is 1. The van der Waals surface area contributed by atoms with Crippen LogP contribution in [0, 0.1) is 12.7 Å². The molecule has 6 rings (SSSR count). The highest BCUT2D eigenvalue weighted by Gasteiger charge is 2.42. The Morgan fingerprint density at radius 3 is 2.78 bits per heavy atom. The molecule has 0 radical (unpaired) electrons. The van der Waals surface area contributed by atoms with Crippen molar-refractivity contribution in [1.29, 1.82) is 0 Å². The maximum atomic E-state index is 14.3. The van der Waals surface area contributed by atoms with E-state index < -0.39 is 5.82 Å². The van der Waals surface area contributed by atoms with Crippen LogP contribution in [-0.4, -0.2) is 40.5 Å². The summed E-state index contributed by atoms with van der Waals surface area (Å²) in [5.41, 5.74) is 3.62. The lowest BCUT2D eigenvalue weighted by Crippen LogP contribution is -2.44. The zero-order valence-corrected chi connectivity index (χ0v) is 25.8. The highest BCUT2D eigenvalue weighted by atomic mass is 35.5. The smallest absolute Gasteiger partial charge is 0.252 e. The first-order valence-corrected chi connectivity index (χ1v) is 16.0. The molecular formula is C31H31Cl3FN3O2S. The van der Waals surface area contributed by atoms with E-state index in [1.54, 1.807) is 23.5 Å². The standard InChI is InChI=1S/C31H31Cl3FN3O2S/c1-17-7-11-23(35)30(28(17)33)40-13-3-6-26-36-15-25(41-26)21-14-19-8-12-24(37-19)27(21)31(39)38(20-9-10-20)16-18-4-2-5-22(32)29(18)34/h2,4-5,7,11,15,19-20,24,37H,3,6,8-10,12-14,16H2,1H3/t19-,24+/m0/s1. The minimum absolute atomic E-state index is 0.0419. The Balaban J connectivity index is 1.19. The molecule has 216 valence electrons. The molecule has 3 aromatic rings. The van der Waals surface area contributed by atoms with Gasteiger partial charge in [0.05, 0.1) is 31.6 Å². The number of benzene rings is 2. The number of aryl methyl sites for hydroxylation is 2. The molecule has 1 saturated heterocycles. The van der Waals surface area contributed by atoms with E-state index in [1.807, 2.05) is 30.2 Å². The molecule has 2 bridgehead atoms. The molecule has 1 saturated carbocycles. The molecule has 2 aromatic carbocycles. The third kappa shape index (κ3) is 6.16. The number of nitrogens with one attached hydrogen (secondary N) is 1. The first-order chi connectivity index (χ1) is 19.8. The van der Waals surface area contributed by atoms with E-state index in [9.17, 15) is 9.18 Å². The van der Waals surface area contributed by atoms with Crippen LogP contribution in [0.15, 0.2) is 42.1 Å². The van der Waals surface area contributed by atoms with Crippen molar-refractivity contribution in [2.24, 2.45) is 0 Å². The fraction of sp³-hybridized carbons (Fsp3) is 0.419. The summed E-state index contributed by atoms with van der Waals surface area (Å²) in [6.07, 6.45) is 8.07. The maximum Gasteiger partial charge on any atom is 0.252 e. The average molecular weight is 635 g/mol. The molecule has 0 unspecified atom stereocenters. The number of fused-ring (bicyclic) bond motifs is 2. The van der Waals surface area contributed by atoms with E-state index in [4.69, 9.17) is 39.5 Å². The summed E-state index contributed by atoms with van der Waals surface area (Å²) in [6.45, 7) is 2.59. The van der Waals surface area contributed by atoms with Gasteiger partial charge in [-0.2, -0.15) is 0 Å². The number of carbonyl (C=O) groups excluding carboxylic acids is 1. The zero-order valence-electron chi connectivity index (χ0n) is 22.7. The quantitative estimate of drug-likeness (QED) is 0.230. The van der Waals surface area contributed by atoms with Gasteiger partial charge in [0.15, 0.2) is 11.6 Å².